The van der Waals surface area contributed by atoms with Crippen LogP contribution in [0.5, 0.6) is 5.75 Å². The average molecular weight is 344 g/mol. The van der Waals surface area contributed by atoms with E-state index in [0.717, 1.165) is 17.9 Å². The molecule has 1 aromatic rings. The lowest BCUT2D eigenvalue weighted by molar-refractivity contribution is -0.137. The van der Waals surface area contributed by atoms with Gasteiger partial charge in [-0.1, -0.05) is 44.7 Å². The first-order valence-electron chi connectivity index (χ1n) is 10.0. The molecule has 0 bridgehead atoms. The quantitative estimate of drug-likeness (QED) is 0.711. The fourth-order valence-electron chi connectivity index (χ4n) is 4.97. The lowest BCUT2D eigenvalue weighted by Gasteiger charge is -2.43. The smallest absolute Gasteiger partial charge is 0.303 e. The van der Waals surface area contributed by atoms with Gasteiger partial charge in [0.2, 0.25) is 0 Å². The SMILES string of the molecule is CC(CC(=O)O)c1ccc(OCC2CCCC3(CCCCC3)C2)cc1. The monoisotopic (exact) mass is 344 g/mol. The van der Waals surface area contributed by atoms with E-state index >= 15 is 0 Å². The number of carboxylic acids is 1. The maximum absolute atomic E-state index is 10.8. The Kier molecular flexibility index (Phi) is 6.03. The number of benzene rings is 1. The second-order valence-corrected chi connectivity index (χ2v) is 8.40. The minimum atomic E-state index is -0.748. The summed E-state index contributed by atoms with van der Waals surface area (Å²) in [5, 5.41) is 8.91. The van der Waals surface area contributed by atoms with Crippen molar-refractivity contribution in [3.8, 4) is 5.75 Å². The molecule has 25 heavy (non-hydrogen) atoms. The van der Waals surface area contributed by atoms with E-state index in [1.807, 2.05) is 31.2 Å². The van der Waals surface area contributed by atoms with Crippen LogP contribution in [0, 0.1) is 11.3 Å². The summed E-state index contributed by atoms with van der Waals surface area (Å²) in [7, 11) is 0. The predicted octanol–water partition coefficient (Wildman–Crippen LogP) is 5.78. The summed E-state index contributed by atoms with van der Waals surface area (Å²) in [5.74, 6) is 0.893. The molecule has 3 heteroatoms. The average Bonchev–Trinajstić information content (AvgIpc) is 2.61. The van der Waals surface area contributed by atoms with E-state index < -0.39 is 5.97 Å². The van der Waals surface area contributed by atoms with Crippen LogP contribution >= 0.6 is 0 Å². The first kappa shape index (κ1) is 18.3. The molecule has 2 unspecified atom stereocenters. The molecule has 3 rings (SSSR count). The highest BCUT2D eigenvalue weighted by Gasteiger charge is 2.37. The third kappa shape index (κ3) is 4.99. The van der Waals surface area contributed by atoms with Gasteiger partial charge in [-0.2, -0.15) is 0 Å². The van der Waals surface area contributed by atoms with E-state index in [0.29, 0.717) is 11.3 Å². The summed E-state index contributed by atoms with van der Waals surface area (Å²) in [4.78, 5) is 10.8. The van der Waals surface area contributed by atoms with Crippen molar-refractivity contribution in [3.05, 3.63) is 29.8 Å². The van der Waals surface area contributed by atoms with Crippen molar-refractivity contribution in [2.75, 3.05) is 6.61 Å². The fraction of sp³-hybridized carbons (Fsp3) is 0.682. The molecule has 1 spiro atoms. The van der Waals surface area contributed by atoms with Crippen molar-refractivity contribution in [1.82, 2.24) is 0 Å². The molecule has 0 heterocycles. The molecular weight excluding hydrogens is 312 g/mol. The lowest BCUT2D eigenvalue weighted by Crippen LogP contribution is -2.33. The van der Waals surface area contributed by atoms with Gasteiger partial charge in [-0.05, 0) is 67.1 Å². The van der Waals surface area contributed by atoms with Gasteiger partial charge in [-0.3, -0.25) is 4.79 Å². The van der Waals surface area contributed by atoms with E-state index in [4.69, 9.17) is 9.84 Å². The van der Waals surface area contributed by atoms with E-state index in [1.54, 1.807) is 0 Å². The van der Waals surface area contributed by atoms with Gasteiger partial charge in [0.15, 0.2) is 0 Å². The third-order valence-electron chi connectivity index (χ3n) is 6.37. The molecule has 2 aliphatic carbocycles. The maximum Gasteiger partial charge on any atom is 0.303 e. The Balaban J connectivity index is 1.50. The van der Waals surface area contributed by atoms with Gasteiger partial charge in [-0.15, -0.1) is 0 Å². The Hall–Kier alpha value is -1.51. The standard InChI is InChI=1S/C22H32O3/c1-17(14-21(23)24)19-7-9-20(10-8-19)25-16-18-6-5-13-22(15-18)11-3-2-4-12-22/h7-10,17-18H,2-6,11-16H2,1H3,(H,23,24). The van der Waals surface area contributed by atoms with Crippen LogP contribution in [0.4, 0.5) is 0 Å². The zero-order valence-electron chi connectivity index (χ0n) is 15.5. The minimum absolute atomic E-state index is 0.0380. The van der Waals surface area contributed by atoms with Crippen LogP contribution < -0.4 is 4.74 Å². The molecule has 2 fully saturated rings. The van der Waals surface area contributed by atoms with E-state index in [1.165, 1.54) is 57.8 Å². The summed E-state index contributed by atoms with van der Waals surface area (Å²) in [6.07, 6.45) is 12.7. The van der Waals surface area contributed by atoms with Crippen molar-refractivity contribution in [1.29, 1.82) is 0 Å². The first-order valence-corrected chi connectivity index (χ1v) is 10.0. The largest absolute Gasteiger partial charge is 0.493 e. The Morgan fingerprint density at radius 3 is 2.52 bits per heavy atom. The van der Waals surface area contributed by atoms with Crippen LogP contribution in [-0.2, 0) is 4.79 Å². The molecule has 1 aromatic carbocycles. The Morgan fingerprint density at radius 1 is 1.16 bits per heavy atom. The number of aliphatic carboxylic acids is 1. The van der Waals surface area contributed by atoms with Crippen molar-refractivity contribution >= 4 is 5.97 Å². The molecule has 0 aromatic heterocycles. The highest BCUT2D eigenvalue weighted by Crippen LogP contribution is 2.49. The molecule has 3 nitrogen and oxygen atoms in total. The van der Waals surface area contributed by atoms with E-state index in [-0.39, 0.29) is 12.3 Å². The van der Waals surface area contributed by atoms with Gasteiger partial charge < -0.3 is 9.84 Å². The number of carboxylic acid groups (broad SMARTS) is 1. The van der Waals surface area contributed by atoms with Crippen molar-refractivity contribution < 1.29 is 14.6 Å². The van der Waals surface area contributed by atoms with E-state index in [2.05, 4.69) is 0 Å². The van der Waals surface area contributed by atoms with Crippen LogP contribution in [0.2, 0.25) is 0 Å². The van der Waals surface area contributed by atoms with Crippen molar-refractivity contribution in [3.63, 3.8) is 0 Å². The van der Waals surface area contributed by atoms with Crippen molar-refractivity contribution in [2.45, 2.75) is 77.0 Å². The maximum atomic E-state index is 10.8. The van der Waals surface area contributed by atoms with Crippen LogP contribution in [0.15, 0.2) is 24.3 Å². The zero-order chi connectivity index (χ0) is 17.7. The molecule has 0 amide bonds. The number of rotatable bonds is 6. The van der Waals surface area contributed by atoms with Crippen LogP contribution in [0.1, 0.15) is 82.6 Å². The van der Waals surface area contributed by atoms with Gasteiger partial charge in [0.1, 0.15) is 5.75 Å². The van der Waals surface area contributed by atoms with Gasteiger partial charge in [0.25, 0.3) is 0 Å². The molecule has 0 aliphatic heterocycles. The predicted molar refractivity (Wildman–Crippen MR) is 100 cm³/mol. The van der Waals surface area contributed by atoms with Gasteiger partial charge in [0, 0.05) is 0 Å². The van der Waals surface area contributed by atoms with E-state index in [9.17, 15) is 4.79 Å². The van der Waals surface area contributed by atoms with Crippen LogP contribution in [-0.4, -0.2) is 17.7 Å². The minimum Gasteiger partial charge on any atom is -0.493 e. The first-order chi connectivity index (χ1) is 12.1. The lowest BCUT2D eigenvalue weighted by atomic mass is 9.63. The molecule has 2 saturated carbocycles. The highest BCUT2D eigenvalue weighted by atomic mass is 16.5. The molecule has 0 radical (unpaired) electrons. The number of hydrogen-bond acceptors (Lipinski definition) is 2. The summed E-state index contributed by atoms with van der Waals surface area (Å²) in [6, 6.07) is 8.00. The summed E-state index contributed by atoms with van der Waals surface area (Å²) >= 11 is 0. The summed E-state index contributed by atoms with van der Waals surface area (Å²) in [6.45, 7) is 2.78. The van der Waals surface area contributed by atoms with Gasteiger partial charge in [-0.25, -0.2) is 0 Å². The normalized spacial score (nSPS) is 24.0. The topological polar surface area (TPSA) is 46.5 Å². The molecule has 2 aliphatic rings. The fourth-order valence-corrected chi connectivity index (χ4v) is 4.97. The molecular formula is C22H32O3. The molecule has 2 atom stereocenters. The number of ether oxygens (including phenoxy) is 1. The Morgan fingerprint density at radius 2 is 1.84 bits per heavy atom. The number of hydrogen-bond donors (Lipinski definition) is 1. The second kappa shape index (κ2) is 8.25. The third-order valence-corrected chi connectivity index (χ3v) is 6.37. The molecule has 0 saturated heterocycles. The summed E-state index contributed by atoms with van der Waals surface area (Å²) < 4.78 is 6.08. The van der Waals surface area contributed by atoms with Crippen LogP contribution in [0.3, 0.4) is 0 Å². The van der Waals surface area contributed by atoms with Crippen LogP contribution in [0.25, 0.3) is 0 Å². The Labute approximate surface area is 151 Å². The Bertz CT molecular complexity index is 552. The van der Waals surface area contributed by atoms with Crippen molar-refractivity contribution in [2.24, 2.45) is 11.3 Å². The van der Waals surface area contributed by atoms with Gasteiger partial charge in [0.05, 0.1) is 13.0 Å². The zero-order valence-corrected chi connectivity index (χ0v) is 15.5. The number of carbonyl (C=O) groups is 1. The van der Waals surface area contributed by atoms with Gasteiger partial charge >= 0.3 is 5.97 Å². The highest BCUT2D eigenvalue weighted by molar-refractivity contribution is 5.67. The molecule has 138 valence electrons. The second-order valence-electron chi connectivity index (χ2n) is 8.40. The summed E-state index contributed by atoms with van der Waals surface area (Å²) in [5.41, 5.74) is 1.69. The molecule has 1 N–H and O–H groups in total.